The zero-order chi connectivity index (χ0) is 55.3. The molecule has 1 amide bonds. The predicted octanol–water partition coefficient (Wildman–Crippen LogP) is 7.40. The molecular weight excluding hydrogens is 990 g/mol. The first-order valence-electron chi connectivity index (χ1n) is 26.5. The van der Waals surface area contributed by atoms with Crippen LogP contribution in [0.1, 0.15) is 104 Å². The number of aromatic nitrogens is 6. The average molecular weight is 1070 g/mol. The number of nitrogens with zero attached hydrogens (tertiary/aromatic N) is 8. The number of imidazole rings is 1. The number of pyridine rings is 1. The van der Waals surface area contributed by atoms with Crippen LogP contribution in [0, 0.1) is 23.7 Å². The molecule has 76 heavy (non-hydrogen) atoms. The van der Waals surface area contributed by atoms with Gasteiger partial charge in [0.1, 0.15) is 23.9 Å². The Morgan fingerprint density at radius 3 is 2.33 bits per heavy atom. The van der Waals surface area contributed by atoms with Crippen LogP contribution in [0.5, 0.6) is 0 Å². The number of ketones is 2. The van der Waals surface area contributed by atoms with E-state index in [4.69, 9.17) is 23.7 Å². The quantitative estimate of drug-likeness (QED) is 0.0622. The van der Waals surface area contributed by atoms with Crippen molar-refractivity contribution in [1.29, 1.82) is 0 Å². The van der Waals surface area contributed by atoms with Gasteiger partial charge in [0.15, 0.2) is 17.7 Å². The van der Waals surface area contributed by atoms with Crippen molar-refractivity contribution < 1.29 is 61.1 Å². The van der Waals surface area contributed by atoms with Gasteiger partial charge in [0.05, 0.1) is 47.1 Å². The number of Topliss-reactive ketones (excluding diaryl/α,β-unsaturated/α-hetero) is 2. The summed E-state index contributed by atoms with van der Waals surface area (Å²) in [6.07, 6.45) is 1.71. The number of carbonyl (C=O) groups excluding carboxylic acids is 4. The van der Waals surface area contributed by atoms with E-state index in [1.807, 2.05) is 41.8 Å². The maximum Gasteiger partial charge on any atom is 0.416 e. The lowest BCUT2D eigenvalue weighted by Crippen LogP contribution is -2.60. The monoisotopic (exact) mass is 1060 g/mol. The molecule has 4 aromatic rings. The van der Waals surface area contributed by atoms with Gasteiger partial charge in [0.25, 0.3) is 0 Å². The number of halogens is 3. The highest BCUT2D eigenvalue weighted by Gasteiger charge is 2.60. The van der Waals surface area contributed by atoms with Gasteiger partial charge in [-0.3, -0.25) is 24.0 Å². The van der Waals surface area contributed by atoms with Crippen LogP contribution in [0.3, 0.4) is 0 Å². The van der Waals surface area contributed by atoms with Gasteiger partial charge < -0.3 is 43.2 Å². The number of aliphatic hydroxyl groups is 1. The third-order valence-electron chi connectivity index (χ3n) is 15.9. The third kappa shape index (κ3) is 13.0. The molecule has 3 saturated heterocycles. The van der Waals surface area contributed by atoms with Gasteiger partial charge in [-0.2, -0.15) is 13.2 Å². The molecule has 0 aliphatic carbocycles. The van der Waals surface area contributed by atoms with E-state index in [1.165, 1.54) is 26.2 Å². The van der Waals surface area contributed by atoms with Gasteiger partial charge in [-0.05, 0) is 103 Å². The molecule has 0 radical (unpaired) electrons. The number of fused-ring (bicyclic) bond motifs is 1. The summed E-state index contributed by atoms with van der Waals surface area (Å²) in [5.74, 6) is -5.42. The Morgan fingerprint density at radius 1 is 0.934 bits per heavy atom. The summed E-state index contributed by atoms with van der Waals surface area (Å²) >= 11 is 0. The number of esters is 1. The van der Waals surface area contributed by atoms with Crippen LogP contribution >= 0.6 is 0 Å². The van der Waals surface area contributed by atoms with Gasteiger partial charge in [0, 0.05) is 93.9 Å². The van der Waals surface area contributed by atoms with E-state index in [9.17, 15) is 37.5 Å². The van der Waals surface area contributed by atoms with E-state index in [1.54, 1.807) is 76.0 Å². The van der Waals surface area contributed by atoms with Gasteiger partial charge in [-0.25, -0.2) is 9.78 Å². The molecule has 3 aliphatic heterocycles. The molecule has 21 heteroatoms. The number of rotatable bonds is 17. The van der Waals surface area contributed by atoms with Crippen LogP contribution < -0.4 is 0 Å². The number of carbonyl (C=O) groups is 4. The zero-order valence-electron chi connectivity index (χ0n) is 45.3. The van der Waals surface area contributed by atoms with Crippen molar-refractivity contribution in [3.05, 3.63) is 84.3 Å². The van der Waals surface area contributed by atoms with E-state index in [0.717, 1.165) is 29.0 Å². The second kappa shape index (κ2) is 24.4. The SMILES string of the molecule is CC[C@H]1OC(=O)[C@H](C)C(=O)[C@H](C)[C@@H](O[C@@H]2O[C@H](C)C[C@H](N(C)CCc3cn(CCc4ccc(C(F)(F)F)cc4)nn3)[C@H]2O)[C@](C)(OC)C[C@@H](C)C(=O)[C@H](C)C2N(CCCCn3cnc(-c4cccnc4)c3)C(=O)O[C@@]21C. The molecular formula is C55H75F3N8O10. The van der Waals surface area contributed by atoms with Crippen molar-refractivity contribution in [2.45, 2.75) is 174 Å². The summed E-state index contributed by atoms with van der Waals surface area (Å²) in [6.45, 7) is 15.5. The van der Waals surface area contributed by atoms with E-state index in [-0.39, 0.29) is 25.2 Å². The van der Waals surface area contributed by atoms with Crippen molar-refractivity contribution in [3.63, 3.8) is 0 Å². The Balaban J connectivity index is 1.05. The lowest BCUT2D eigenvalue weighted by Gasteiger charge is -2.47. The standard InChI is InChI=1S/C55H75F3N8O10/c1-11-44-54(8)48(66(52(71)76-54)24-13-12-23-64-31-42(60-32-64)39-15-14-22-59-29-39)35(4)45(67)33(2)28-53(7,72-10)49(36(5)46(68)37(6)50(70)74-44)75-51-47(69)43(27-34(3)73-51)63(9)25-21-41-30-65(62-61-41)26-20-38-16-18-40(19-17-38)55(56,57)58/h14-19,22,29-37,43-44,47-49,51,69H,11-13,20-21,23-28H2,1-10H3/t33-,34-,35+,36+,37-,43+,44-,47-,48?,49-,51+,53-,54-/m1/s1. The van der Waals surface area contributed by atoms with Crippen molar-refractivity contribution in [3.8, 4) is 11.3 Å². The summed E-state index contributed by atoms with van der Waals surface area (Å²) in [5.41, 5.74) is -0.431. The second-order valence-electron chi connectivity index (χ2n) is 21.5. The summed E-state index contributed by atoms with van der Waals surface area (Å²) < 4.78 is 74.5. The first-order chi connectivity index (χ1) is 36.0. The topological polar surface area (TPSA) is 203 Å². The van der Waals surface area contributed by atoms with Crippen LogP contribution in [-0.4, -0.2) is 149 Å². The number of unbranched alkanes of at least 4 members (excludes halogenated alkanes) is 1. The molecule has 1 N–H and O–H groups in total. The summed E-state index contributed by atoms with van der Waals surface area (Å²) in [7, 11) is 3.33. The van der Waals surface area contributed by atoms with Crippen molar-refractivity contribution in [1.82, 2.24) is 39.3 Å². The van der Waals surface area contributed by atoms with Gasteiger partial charge in [-0.1, -0.05) is 45.0 Å². The molecule has 1 unspecified atom stereocenters. The number of hydrogen-bond donors (Lipinski definition) is 1. The number of methoxy groups -OCH3 is 1. The molecule has 0 saturated carbocycles. The number of benzene rings is 1. The molecule has 3 aromatic heterocycles. The minimum Gasteiger partial charge on any atom is -0.458 e. The number of aliphatic hydroxyl groups excluding tert-OH is 1. The minimum absolute atomic E-state index is 0.0574. The highest BCUT2D eigenvalue weighted by molar-refractivity contribution is 6.00. The third-order valence-corrected chi connectivity index (χ3v) is 15.9. The summed E-state index contributed by atoms with van der Waals surface area (Å²) in [5, 5.41) is 20.6. The fourth-order valence-corrected chi connectivity index (χ4v) is 11.5. The number of amides is 1. The molecule has 18 nitrogen and oxygen atoms in total. The van der Waals surface area contributed by atoms with Crippen LogP contribution in [0.2, 0.25) is 0 Å². The summed E-state index contributed by atoms with van der Waals surface area (Å²) in [6, 6.07) is 7.50. The van der Waals surface area contributed by atoms with Gasteiger partial charge in [0.2, 0.25) is 0 Å². The molecule has 416 valence electrons. The Bertz CT molecular complexity index is 2600. The fraction of sp³-hybridized carbons (Fsp3) is 0.636. The van der Waals surface area contributed by atoms with Crippen LogP contribution in [-0.2, 0) is 70.2 Å². The smallest absolute Gasteiger partial charge is 0.416 e. The molecule has 3 fully saturated rings. The minimum atomic E-state index is -4.41. The van der Waals surface area contributed by atoms with Crippen LogP contribution in [0.15, 0.2) is 67.5 Å². The van der Waals surface area contributed by atoms with E-state index >= 15 is 0 Å². The molecule has 0 bridgehead atoms. The highest BCUT2D eigenvalue weighted by Crippen LogP contribution is 2.43. The normalized spacial score (nSPS) is 31.0. The number of cyclic esters (lactones) is 1. The van der Waals surface area contributed by atoms with Gasteiger partial charge in [-0.15, -0.1) is 5.10 Å². The van der Waals surface area contributed by atoms with Crippen molar-refractivity contribution in [2.24, 2.45) is 23.7 Å². The highest BCUT2D eigenvalue weighted by atomic mass is 19.4. The molecule has 3 aliphatic rings. The van der Waals surface area contributed by atoms with Crippen LogP contribution in [0.25, 0.3) is 11.3 Å². The number of hydrogen-bond acceptors (Lipinski definition) is 15. The van der Waals surface area contributed by atoms with Gasteiger partial charge >= 0.3 is 18.2 Å². The largest absolute Gasteiger partial charge is 0.458 e. The summed E-state index contributed by atoms with van der Waals surface area (Å²) in [4.78, 5) is 70.1. The maximum absolute atomic E-state index is 15.0. The second-order valence-corrected chi connectivity index (χ2v) is 21.5. The Morgan fingerprint density at radius 2 is 1.66 bits per heavy atom. The molecule has 0 spiro atoms. The molecule has 6 heterocycles. The Hall–Kier alpha value is -5.61. The predicted molar refractivity (Wildman–Crippen MR) is 272 cm³/mol. The van der Waals surface area contributed by atoms with E-state index < -0.39 is 107 Å². The zero-order valence-corrected chi connectivity index (χ0v) is 45.3. The van der Waals surface area contributed by atoms with E-state index in [0.29, 0.717) is 57.4 Å². The number of aryl methyl sites for hydroxylation is 3. The van der Waals surface area contributed by atoms with Crippen molar-refractivity contribution >= 4 is 23.6 Å². The lowest BCUT2D eigenvalue weighted by molar-refractivity contribution is -0.296. The molecule has 7 rings (SSSR count). The van der Waals surface area contributed by atoms with E-state index in [2.05, 4.69) is 20.3 Å². The first kappa shape index (κ1) is 58.1. The fourth-order valence-electron chi connectivity index (χ4n) is 11.5. The average Bonchev–Trinajstić information content (AvgIpc) is 4.17. The molecule has 1 aromatic carbocycles. The maximum atomic E-state index is 15.0. The van der Waals surface area contributed by atoms with Crippen LogP contribution in [0.4, 0.5) is 18.0 Å². The first-order valence-corrected chi connectivity index (χ1v) is 26.5. The Kier molecular flexibility index (Phi) is 18.6. The number of ether oxygens (including phenoxy) is 5. The lowest BCUT2D eigenvalue weighted by atomic mass is 9.73. The molecule has 13 atom stereocenters. The Labute approximate surface area is 442 Å². The van der Waals surface area contributed by atoms with Crippen molar-refractivity contribution in [2.75, 3.05) is 27.2 Å². The number of alkyl halides is 3. The number of likely N-dealkylation sites (N-methyl/N-ethyl adjacent to an activating group) is 1.